The van der Waals surface area contributed by atoms with Gasteiger partial charge in [-0.1, -0.05) is 135 Å². The standard InChI is InChI=1S/C48H50N4O9S.C27H31N3O6.C21H21NO4S/c1-7-16-58-47(55)50-34(23-62-22-33-31-14-10-8-12-29(31)30-13-9-11-15-32(30)33)46(54)59-21-38-40-44-43(60-24-61-44)27(4)45(53)48(40,56)19-36-41-39-26(3)42(57-6)25(2)17-28(39)18-35(51(41)5)37(20-49)52(36)38;1-12-6-15-7-16-18(9-28)30-17(22(29(16)4)20(15)13(2)23(12)34-5)8-27(33)21(19(30)10-31)25-24(35-11-36-25)14(3)26(27)32;1-2-11-26-21(25)22-19(20(23)24)13-27-12-18-16-9-5-3-7-14(16)15-8-4-6-10-17(15)18/h7-15,17,33-38,41,56H,1,16,18-19,21-24H2,2-6H3,(H,50,55);6,16-19,22,31,33H,7-8,10-11H2,1-5H3;2-10,18-19H,1,11-13H2,(H,22,25)(H,23,24)/t34?,35-,36?,37-,38-,41-,48?;16-,17?,18-,19-,22-,27?;/m00./s1. The molecule has 0 radical (unpaired) electrons. The number of piperidine rings is 2. The number of aliphatic hydroxyl groups excluding tert-OH is 1. The highest BCUT2D eigenvalue weighted by Crippen LogP contribution is 2.59. The molecule has 4 bridgehead atoms. The fourth-order valence-corrected chi connectivity index (χ4v) is 24.4. The number of likely N-dealkylation sites (N-methyl/N-ethyl adjacent to an activating group) is 2. The number of nitrogens with zero attached hydrogens (tertiary/aromatic N) is 6. The summed E-state index contributed by atoms with van der Waals surface area (Å²) in [5.74, 6) is 1.94. The quantitative estimate of drug-likeness (QED) is 0.0221. The van der Waals surface area contributed by atoms with Crippen LogP contribution in [0, 0.1) is 50.4 Å². The Morgan fingerprint density at radius 3 is 1.33 bits per heavy atom. The number of nitriles is 2. The number of thioether (sulfide) groups is 2. The van der Waals surface area contributed by atoms with E-state index >= 15 is 0 Å². The fraction of sp³-hybridized carbons (Fsp3) is 0.417. The van der Waals surface area contributed by atoms with E-state index < -0.39 is 95.2 Å². The molecule has 125 heavy (non-hydrogen) atoms. The average molecular weight is 1740 g/mol. The van der Waals surface area contributed by atoms with Gasteiger partial charge in [-0.15, -0.1) is 0 Å². The van der Waals surface area contributed by atoms with Crippen LogP contribution in [0.25, 0.3) is 22.3 Å². The number of alkyl carbamates (subject to hydrolysis) is 2. The molecule has 6 aromatic carbocycles. The van der Waals surface area contributed by atoms with Gasteiger partial charge in [0.25, 0.3) is 0 Å². The number of methoxy groups -OCH3 is 2. The fourth-order valence-electron chi connectivity index (χ4n) is 22.0. The minimum absolute atomic E-state index is 0.0426. The van der Waals surface area contributed by atoms with E-state index in [-0.39, 0.29) is 123 Å². The van der Waals surface area contributed by atoms with Crippen LogP contribution < -0.4 is 20.1 Å². The minimum atomic E-state index is -2.07. The zero-order chi connectivity index (χ0) is 88.5. The van der Waals surface area contributed by atoms with Gasteiger partial charge in [-0.2, -0.15) is 34.0 Å². The predicted octanol–water partition coefficient (Wildman–Crippen LogP) is 11.1. The number of aliphatic carboxylic acids is 1. The number of rotatable bonds is 21. The molecule has 0 aromatic heterocycles. The number of amides is 2. The maximum Gasteiger partial charge on any atom is 0.408 e. The molecule has 14 atom stereocenters. The number of hydrogen-bond donors (Lipinski definition) is 6. The molecule has 0 spiro atoms. The summed E-state index contributed by atoms with van der Waals surface area (Å²) in [7, 11) is 7.31. The highest BCUT2D eigenvalue weighted by atomic mass is 32.2. The molecule has 6 saturated heterocycles. The molecule has 8 aliphatic heterocycles. The topological polar surface area (TPSA) is 351 Å². The third kappa shape index (κ3) is 14.8. The van der Waals surface area contributed by atoms with Crippen molar-refractivity contribution in [2.75, 3.05) is 91.3 Å². The van der Waals surface area contributed by atoms with Crippen LogP contribution >= 0.6 is 23.5 Å². The predicted molar refractivity (Wildman–Crippen MR) is 466 cm³/mol. The summed E-state index contributed by atoms with van der Waals surface area (Å²) in [5, 5.41) is 71.6. The first-order valence-electron chi connectivity index (χ1n) is 41.9. The maximum absolute atomic E-state index is 14.5. The average Bonchev–Trinajstić information content (AvgIpc) is 0.836. The van der Waals surface area contributed by atoms with Gasteiger partial charge in [-0.3, -0.25) is 29.2 Å². The Hall–Kier alpha value is -11.2. The van der Waals surface area contributed by atoms with Crippen molar-refractivity contribution in [3.05, 3.63) is 247 Å². The molecule has 8 heterocycles. The van der Waals surface area contributed by atoms with Gasteiger partial charge in [0.05, 0.1) is 57.1 Å². The summed E-state index contributed by atoms with van der Waals surface area (Å²) in [6, 6.07) is 35.3. The molecule has 4 aliphatic carbocycles. The molecule has 12 aliphatic rings. The molecule has 27 nitrogen and oxygen atoms in total. The molecule has 29 heteroatoms. The van der Waals surface area contributed by atoms with Crippen LogP contribution in [0.4, 0.5) is 9.59 Å². The Labute approximate surface area is 734 Å². The van der Waals surface area contributed by atoms with E-state index in [4.69, 9.17) is 42.6 Å². The number of nitrogens with one attached hydrogen (secondary N) is 2. The van der Waals surface area contributed by atoms with Crippen molar-refractivity contribution in [1.29, 1.82) is 10.5 Å². The number of piperazine rings is 2. The summed E-state index contributed by atoms with van der Waals surface area (Å²) in [6.07, 6.45) is 2.56. The number of esters is 1. The molecule has 6 fully saturated rings. The molecule has 0 saturated carbocycles. The smallest absolute Gasteiger partial charge is 0.408 e. The number of carboxylic acid groups (broad SMARTS) is 1. The van der Waals surface area contributed by atoms with Crippen LogP contribution in [0.5, 0.6) is 11.5 Å². The molecule has 6 N–H and O–H groups in total. The van der Waals surface area contributed by atoms with Gasteiger partial charge in [0.2, 0.25) is 13.6 Å². The summed E-state index contributed by atoms with van der Waals surface area (Å²) < 4.78 is 51.1. The molecule has 18 rings (SSSR count). The Balaban J connectivity index is 0.000000154. The van der Waals surface area contributed by atoms with Gasteiger partial charge in [-0.05, 0) is 157 Å². The third-order valence-electron chi connectivity index (χ3n) is 27.2. The Morgan fingerprint density at radius 2 is 0.944 bits per heavy atom. The molecule has 2 amide bonds. The van der Waals surface area contributed by atoms with Crippen LogP contribution in [0.15, 0.2) is 180 Å². The first kappa shape index (κ1) is 87.3. The number of hydrogen-bond acceptors (Lipinski definition) is 26. The zero-order valence-corrected chi connectivity index (χ0v) is 73.0. The number of ether oxygens (including phenoxy) is 9. The van der Waals surface area contributed by atoms with Gasteiger partial charge in [0.15, 0.2) is 45.8 Å². The van der Waals surface area contributed by atoms with Crippen molar-refractivity contribution in [3.63, 3.8) is 0 Å². The lowest BCUT2D eigenvalue weighted by Crippen LogP contribution is -2.74. The van der Waals surface area contributed by atoms with Gasteiger partial charge in [0.1, 0.15) is 55.5 Å². The van der Waals surface area contributed by atoms with Crippen molar-refractivity contribution >= 4 is 59.2 Å². The molecule has 652 valence electrons. The summed E-state index contributed by atoms with van der Waals surface area (Å²) >= 11 is 3.02. The van der Waals surface area contributed by atoms with Crippen molar-refractivity contribution in [2.24, 2.45) is 0 Å². The number of carbonyl (C=O) groups is 6. The minimum Gasteiger partial charge on any atom is -0.496 e. The lowest BCUT2D eigenvalue weighted by atomic mass is 9.64. The molecular formula is C96H102N8O19S2. The number of fused-ring (bicyclic) bond motifs is 22. The number of aliphatic hydroxyl groups is 3. The zero-order valence-electron chi connectivity index (χ0n) is 71.4. The van der Waals surface area contributed by atoms with Gasteiger partial charge >= 0.3 is 24.1 Å². The highest BCUT2D eigenvalue weighted by molar-refractivity contribution is 7.99. The second-order valence-corrected chi connectivity index (χ2v) is 35.8. The van der Waals surface area contributed by atoms with Crippen LogP contribution in [-0.2, 0) is 65.2 Å². The van der Waals surface area contributed by atoms with E-state index in [1.54, 1.807) is 28.1 Å². The van der Waals surface area contributed by atoms with Crippen molar-refractivity contribution in [1.82, 2.24) is 30.2 Å². The lowest BCUT2D eigenvalue weighted by Gasteiger charge is -2.62. The number of aryl methyl sites for hydroxylation is 2. The first-order valence-corrected chi connectivity index (χ1v) is 44.2. The molecular weight excluding hydrogens is 1630 g/mol. The van der Waals surface area contributed by atoms with E-state index in [2.05, 4.69) is 106 Å². The summed E-state index contributed by atoms with van der Waals surface area (Å²) in [4.78, 5) is 87.1. The monoisotopic (exact) mass is 1730 g/mol. The van der Waals surface area contributed by atoms with Crippen LogP contribution in [-0.4, -0.2) is 239 Å². The normalized spacial score (nSPS) is 26.1. The lowest BCUT2D eigenvalue weighted by molar-refractivity contribution is -0.159. The van der Waals surface area contributed by atoms with Crippen molar-refractivity contribution in [3.8, 4) is 45.9 Å². The van der Waals surface area contributed by atoms with E-state index in [1.807, 2.05) is 100 Å². The van der Waals surface area contributed by atoms with Gasteiger partial charge < -0.3 is 73.7 Å². The van der Waals surface area contributed by atoms with Crippen molar-refractivity contribution in [2.45, 2.75) is 163 Å². The number of carboxylic acids is 1. The first-order chi connectivity index (χ1) is 60.2. The van der Waals surface area contributed by atoms with Crippen molar-refractivity contribution < 1.29 is 91.8 Å². The highest BCUT2D eigenvalue weighted by Gasteiger charge is 2.67. The number of benzene rings is 6. The second kappa shape index (κ2) is 35.3. The molecule has 6 unspecified atom stereocenters. The van der Waals surface area contributed by atoms with Gasteiger partial charge in [-0.25, -0.2) is 19.2 Å². The Morgan fingerprint density at radius 1 is 0.568 bits per heavy atom. The van der Waals surface area contributed by atoms with E-state index in [0.717, 1.165) is 61.8 Å². The third-order valence-corrected chi connectivity index (χ3v) is 29.4. The SMILES string of the molecule is C=CCOC(=O)NC(CSCC1c2ccccc2-c2ccccc21)C(=O)O.C=CCOC(=O)NC(CSCC1c2ccccc2-c2ccccc21)C(=O)OC[C@H]1C2=C3OCOC3=C(C)C(=O)C2(O)CC2[C@H]3c4c(cc(C)c(OC)c4C)C[C@@H]([C@H](C#N)N21)N3C.COc1c(C)cc2c(c1C)[C@@H]1C3CC4(O)C(=O)C(C)=C5OCOC5=C4[C@H](CO)N3[C@@H](C#N)[C@H](C2)N1C. The largest absolute Gasteiger partial charge is 0.496 e. The van der Waals surface area contributed by atoms with Gasteiger partial charge in [0, 0.05) is 94.1 Å². The molecule has 6 aromatic rings. The maximum atomic E-state index is 14.5. The van der Waals surface area contributed by atoms with E-state index in [0.29, 0.717) is 41.3 Å². The summed E-state index contributed by atoms with van der Waals surface area (Å²) in [5.41, 5.74) is 15.3. The number of carbonyl (C=O) groups excluding carboxylic acids is 5. The Bertz CT molecular complexity index is 5560. The van der Waals surface area contributed by atoms with Crippen LogP contribution in [0.3, 0.4) is 0 Å². The number of Topliss-reactive ketones (excluding diaryl/α,β-unsaturated/α-hetero) is 2. The van der Waals surface area contributed by atoms with Crippen LogP contribution in [0.1, 0.15) is 117 Å². The Kier molecular flexibility index (Phi) is 24.6. The second-order valence-electron chi connectivity index (χ2n) is 33.7. The number of ketones is 2. The van der Waals surface area contributed by atoms with E-state index in [1.165, 1.54) is 80.2 Å². The van der Waals surface area contributed by atoms with E-state index in [9.17, 15) is 59.7 Å². The van der Waals surface area contributed by atoms with Crippen LogP contribution in [0.2, 0.25) is 0 Å². The summed E-state index contributed by atoms with van der Waals surface area (Å²) in [6.45, 7) is 17.4.